The first-order valence-corrected chi connectivity index (χ1v) is 10.3. The van der Waals surface area contributed by atoms with Crippen LogP contribution in [0.3, 0.4) is 0 Å². The molecule has 2 aromatic rings. The summed E-state index contributed by atoms with van der Waals surface area (Å²) < 4.78 is 36.3. The lowest BCUT2D eigenvalue weighted by Gasteiger charge is -2.24. The first-order valence-electron chi connectivity index (χ1n) is 10.3. The monoisotopic (exact) mass is 450 g/mol. The number of carboxylic acids is 1. The number of alkyl halides is 1. The van der Waals surface area contributed by atoms with Gasteiger partial charge in [-0.2, -0.15) is 0 Å². The van der Waals surface area contributed by atoms with Crippen molar-refractivity contribution in [2.45, 2.75) is 25.6 Å². The lowest BCUT2D eigenvalue weighted by atomic mass is 10.1. The third kappa shape index (κ3) is 3.56. The first-order chi connectivity index (χ1) is 15.3. The maximum absolute atomic E-state index is 15.4. The molecule has 1 aromatic carbocycles. The van der Waals surface area contributed by atoms with Crippen LogP contribution in [-0.2, 0) is 4.84 Å². The van der Waals surface area contributed by atoms with Gasteiger partial charge in [0.15, 0.2) is 11.6 Å². The number of anilines is 1. The van der Waals surface area contributed by atoms with Crippen molar-refractivity contribution in [1.29, 1.82) is 0 Å². The molecule has 0 spiro atoms. The minimum absolute atomic E-state index is 0.0292. The number of aromatic carboxylic acids is 1. The van der Waals surface area contributed by atoms with Crippen LogP contribution < -0.4 is 20.8 Å². The average Bonchev–Trinajstić information content (AvgIpc) is 3.35. The van der Waals surface area contributed by atoms with Crippen LogP contribution in [0.2, 0.25) is 0 Å². The molecule has 9 nitrogen and oxygen atoms in total. The summed E-state index contributed by atoms with van der Waals surface area (Å²) in [6, 6.07) is 0.331. The van der Waals surface area contributed by atoms with Crippen molar-refractivity contribution in [2.75, 3.05) is 38.3 Å². The lowest BCUT2D eigenvalue weighted by molar-refractivity contribution is 0.0694. The number of carboxylic acid groups (broad SMARTS) is 1. The van der Waals surface area contributed by atoms with Gasteiger partial charge in [-0.3, -0.25) is 4.79 Å². The van der Waals surface area contributed by atoms with Crippen molar-refractivity contribution in [3.8, 4) is 5.75 Å². The fourth-order valence-corrected chi connectivity index (χ4v) is 4.18. The van der Waals surface area contributed by atoms with Crippen molar-refractivity contribution in [1.82, 2.24) is 4.57 Å². The van der Waals surface area contributed by atoms with E-state index in [1.807, 2.05) is 0 Å². The second kappa shape index (κ2) is 8.38. The first kappa shape index (κ1) is 22.0. The number of ether oxygens (including phenoxy) is 1. The minimum Gasteiger partial charge on any atom is -0.492 e. The van der Waals surface area contributed by atoms with Crippen molar-refractivity contribution >= 4 is 28.3 Å². The zero-order chi connectivity index (χ0) is 23.2. The van der Waals surface area contributed by atoms with Crippen molar-refractivity contribution in [3.05, 3.63) is 33.9 Å². The molecule has 1 saturated heterocycles. The number of nitrogens with two attached hydrogens (primary N) is 1. The van der Waals surface area contributed by atoms with Gasteiger partial charge < -0.3 is 29.9 Å². The Bertz CT molecular complexity index is 1170. The van der Waals surface area contributed by atoms with Gasteiger partial charge in [0.05, 0.1) is 36.3 Å². The van der Waals surface area contributed by atoms with Gasteiger partial charge in [0.1, 0.15) is 24.0 Å². The van der Waals surface area contributed by atoms with Crippen molar-refractivity contribution < 1.29 is 28.3 Å². The second-order valence-corrected chi connectivity index (χ2v) is 7.85. The Hall–Kier alpha value is -3.21. The second-order valence-electron chi connectivity index (χ2n) is 7.85. The van der Waals surface area contributed by atoms with Crippen LogP contribution in [0, 0.1) is 11.7 Å². The maximum atomic E-state index is 15.4. The molecule has 0 bridgehead atoms. The highest BCUT2D eigenvalue weighted by Crippen LogP contribution is 2.45. The van der Waals surface area contributed by atoms with E-state index in [1.54, 1.807) is 11.8 Å². The number of rotatable bonds is 7. The summed E-state index contributed by atoms with van der Waals surface area (Å²) in [6.07, 6.45) is 0.0755. The van der Waals surface area contributed by atoms with E-state index in [0.29, 0.717) is 18.9 Å². The van der Waals surface area contributed by atoms with E-state index < -0.39 is 35.0 Å². The van der Waals surface area contributed by atoms with Gasteiger partial charge in [0, 0.05) is 31.6 Å². The molecule has 0 amide bonds. The molecular formula is C21H24F2N4O5. The van der Waals surface area contributed by atoms with E-state index in [-0.39, 0.29) is 47.8 Å². The molecule has 1 saturated carbocycles. The van der Waals surface area contributed by atoms with Gasteiger partial charge in [-0.05, 0) is 13.0 Å². The molecule has 1 unspecified atom stereocenters. The number of methoxy groups -OCH3 is 1. The third-order valence-electron chi connectivity index (χ3n) is 5.85. The van der Waals surface area contributed by atoms with Crippen LogP contribution >= 0.6 is 0 Å². The van der Waals surface area contributed by atoms with Crippen LogP contribution in [-0.4, -0.2) is 60.9 Å². The number of benzene rings is 1. The van der Waals surface area contributed by atoms with Gasteiger partial charge in [0.25, 0.3) is 0 Å². The molecule has 32 heavy (non-hydrogen) atoms. The maximum Gasteiger partial charge on any atom is 0.341 e. The van der Waals surface area contributed by atoms with Gasteiger partial charge in [-0.15, -0.1) is 0 Å². The molecule has 172 valence electrons. The molecule has 2 fully saturated rings. The molecule has 3 N–H and O–H groups in total. The number of fused-ring (bicyclic) bond motifs is 1. The molecule has 1 aromatic heterocycles. The van der Waals surface area contributed by atoms with Crippen LogP contribution in [0.5, 0.6) is 5.75 Å². The minimum atomic E-state index is -1.47. The van der Waals surface area contributed by atoms with Gasteiger partial charge in [-0.25, -0.2) is 13.6 Å². The zero-order valence-electron chi connectivity index (χ0n) is 17.7. The number of halogens is 2. The Morgan fingerprint density at radius 2 is 2.16 bits per heavy atom. The van der Waals surface area contributed by atoms with E-state index in [1.165, 1.54) is 11.7 Å². The average molecular weight is 450 g/mol. The number of hydrogen-bond acceptors (Lipinski definition) is 7. The molecule has 3 atom stereocenters. The topological polar surface area (TPSA) is 119 Å². The highest BCUT2D eigenvalue weighted by atomic mass is 19.1. The molecule has 2 heterocycles. The molecule has 4 rings (SSSR count). The number of hydrogen-bond donors (Lipinski definition) is 2. The van der Waals surface area contributed by atoms with E-state index in [9.17, 15) is 19.1 Å². The van der Waals surface area contributed by atoms with Crippen LogP contribution in [0.15, 0.2) is 22.2 Å². The number of nitrogens with zero attached hydrogens (tertiary/aromatic N) is 3. The predicted molar refractivity (Wildman–Crippen MR) is 114 cm³/mol. The van der Waals surface area contributed by atoms with Crippen molar-refractivity contribution in [3.63, 3.8) is 0 Å². The predicted octanol–water partition coefficient (Wildman–Crippen LogP) is 1.92. The van der Waals surface area contributed by atoms with Gasteiger partial charge in [0.2, 0.25) is 5.43 Å². The van der Waals surface area contributed by atoms with Crippen LogP contribution in [0.4, 0.5) is 14.5 Å². The van der Waals surface area contributed by atoms with E-state index in [0.717, 1.165) is 12.3 Å². The van der Waals surface area contributed by atoms with Gasteiger partial charge >= 0.3 is 5.97 Å². The van der Waals surface area contributed by atoms with Crippen molar-refractivity contribution in [2.24, 2.45) is 16.8 Å². The van der Waals surface area contributed by atoms with Gasteiger partial charge in [-0.1, -0.05) is 5.16 Å². The quantitative estimate of drug-likeness (QED) is 0.619. The molecule has 0 radical (unpaired) electrons. The summed E-state index contributed by atoms with van der Waals surface area (Å²) in [5.74, 6) is -2.37. The Morgan fingerprint density at radius 1 is 1.44 bits per heavy atom. The van der Waals surface area contributed by atoms with Crippen LogP contribution in [0.25, 0.3) is 10.9 Å². The Labute approximate surface area is 182 Å². The smallest absolute Gasteiger partial charge is 0.341 e. The number of pyridine rings is 1. The molecular weight excluding hydrogens is 426 g/mol. The Morgan fingerprint density at radius 3 is 2.72 bits per heavy atom. The zero-order valence-corrected chi connectivity index (χ0v) is 17.7. The van der Waals surface area contributed by atoms with Crippen LogP contribution in [0.1, 0.15) is 29.7 Å². The summed E-state index contributed by atoms with van der Waals surface area (Å²) >= 11 is 0. The third-order valence-corrected chi connectivity index (χ3v) is 5.85. The van der Waals surface area contributed by atoms with E-state index in [4.69, 9.17) is 15.3 Å². The summed E-state index contributed by atoms with van der Waals surface area (Å²) in [4.78, 5) is 31.2. The molecule has 2 aliphatic rings. The summed E-state index contributed by atoms with van der Waals surface area (Å²) in [6.45, 7) is 3.01. The molecule has 1 aliphatic heterocycles. The largest absolute Gasteiger partial charge is 0.492 e. The SMILES string of the molecule is CCO/N=C1/CN(c2c(F)cc3c(=O)c(C(=O)O)cn([C@@H]4C[C@@H]4F)c3c2OC)CC1CN. The number of oxime groups is 1. The fourth-order valence-electron chi connectivity index (χ4n) is 4.18. The van der Waals surface area contributed by atoms with E-state index >= 15 is 4.39 Å². The summed E-state index contributed by atoms with van der Waals surface area (Å²) in [5.41, 5.74) is 5.33. The number of aromatic nitrogens is 1. The molecule has 11 heteroatoms. The molecule has 1 aliphatic carbocycles. The van der Waals surface area contributed by atoms with E-state index in [2.05, 4.69) is 5.16 Å². The summed E-state index contributed by atoms with van der Waals surface area (Å²) in [7, 11) is 1.32. The highest BCUT2D eigenvalue weighted by Gasteiger charge is 2.41. The lowest BCUT2D eigenvalue weighted by Crippen LogP contribution is -2.25. The number of carbonyl (C=O) groups is 1. The highest BCUT2D eigenvalue weighted by molar-refractivity contribution is 5.99. The Balaban J connectivity index is 1.94. The summed E-state index contributed by atoms with van der Waals surface area (Å²) in [5, 5.41) is 13.3. The normalized spacial score (nSPS) is 23.7. The standard InChI is InChI=1S/C21H24F2N4O5/c1-3-32-25-15-9-26(7-10(15)6-24)18-14(23)4-11-17(20(18)31-2)27(16-5-13(16)22)8-12(19(11)28)21(29)30/h4,8,10,13,16H,3,5-7,9,24H2,1-2H3,(H,29,30)/b25-15-/t10?,13-,16+/m0/s1. The Kier molecular flexibility index (Phi) is 5.76. The fraction of sp³-hybridized carbons (Fsp3) is 0.476.